The van der Waals surface area contributed by atoms with Gasteiger partial charge in [0.15, 0.2) is 24.7 Å². The number of rotatable bonds is 5. The van der Waals surface area contributed by atoms with Gasteiger partial charge in [-0.1, -0.05) is 12.1 Å². The molecule has 0 unspecified atom stereocenters. The van der Waals surface area contributed by atoms with Crippen LogP contribution in [0.2, 0.25) is 0 Å². The van der Waals surface area contributed by atoms with Gasteiger partial charge in [0.25, 0.3) is 5.91 Å². The second kappa shape index (κ2) is 7.74. The van der Waals surface area contributed by atoms with Gasteiger partial charge in [0.1, 0.15) is 0 Å². The number of nitrogens with zero attached hydrogens (tertiary/aromatic N) is 1. The van der Waals surface area contributed by atoms with Gasteiger partial charge in [-0.15, -0.1) is 0 Å². The molecule has 24 heavy (non-hydrogen) atoms. The fraction of sp³-hybridized carbons (Fsp3) is 0.562. The third-order valence-electron chi connectivity index (χ3n) is 3.83. The van der Waals surface area contributed by atoms with Crippen LogP contribution in [-0.2, 0) is 4.79 Å². The standard InChI is InChI=1S/C16H21F3N2O3/c1-11-8-12(20)6-7-21(11)15(22)9-23-13-4-2-3-5-14(13)24-10-16(17,18)19/h2-5,11-12H,6-10,20H2,1H3/t11-,12+/m1/s1. The molecule has 1 aromatic carbocycles. The summed E-state index contributed by atoms with van der Waals surface area (Å²) in [5.74, 6) is -0.159. The Labute approximate surface area is 138 Å². The number of hydrogen-bond acceptors (Lipinski definition) is 4. The minimum absolute atomic E-state index is 0.0153. The van der Waals surface area contributed by atoms with Gasteiger partial charge in [0, 0.05) is 18.6 Å². The fourth-order valence-electron chi connectivity index (χ4n) is 2.65. The second-order valence-corrected chi connectivity index (χ2v) is 5.86. The average Bonchev–Trinajstić information content (AvgIpc) is 2.50. The van der Waals surface area contributed by atoms with Crippen LogP contribution in [0.4, 0.5) is 13.2 Å². The molecule has 1 fully saturated rings. The number of benzene rings is 1. The second-order valence-electron chi connectivity index (χ2n) is 5.86. The normalized spacial score (nSPS) is 21.5. The lowest BCUT2D eigenvalue weighted by atomic mass is 9.99. The molecule has 0 spiro atoms. The molecule has 1 saturated heterocycles. The Morgan fingerprint density at radius 3 is 2.50 bits per heavy atom. The molecule has 0 bridgehead atoms. The zero-order valence-corrected chi connectivity index (χ0v) is 13.4. The molecule has 2 rings (SSSR count). The van der Waals surface area contributed by atoms with E-state index in [4.69, 9.17) is 15.2 Å². The van der Waals surface area contributed by atoms with E-state index < -0.39 is 12.8 Å². The number of para-hydroxylation sites is 2. The van der Waals surface area contributed by atoms with Gasteiger partial charge in [0.05, 0.1) is 0 Å². The molecule has 1 aromatic rings. The Bertz CT molecular complexity index is 566. The van der Waals surface area contributed by atoms with Crippen molar-refractivity contribution in [2.75, 3.05) is 19.8 Å². The van der Waals surface area contributed by atoms with Crippen LogP contribution in [0.3, 0.4) is 0 Å². The largest absolute Gasteiger partial charge is 0.480 e. The Morgan fingerprint density at radius 2 is 1.92 bits per heavy atom. The van der Waals surface area contributed by atoms with Crippen molar-refractivity contribution < 1.29 is 27.4 Å². The summed E-state index contributed by atoms with van der Waals surface area (Å²) in [6.45, 7) is 0.794. The summed E-state index contributed by atoms with van der Waals surface area (Å²) in [6.07, 6.45) is -3.00. The number of likely N-dealkylation sites (tertiary alicyclic amines) is 1. The zero-order valence-electron chi connectivity index (χ0n) is 13.4. The highest BCUT2D eigenvalue weighted by molar-refractivity contribution is 5.78. The Hall–Kier alpha value is -1.96. The minimum Gasteiger partial charge on any atom is -0.480 e. The quantitative estimate of drug-likeness (QED) is 0.889. The van der Waals surface area contributed by atoms with Crippen LogP contribution in [0.25, 0.3) is 0 Å². The first-order chi connectivity index (χ1) is 11.3. The molecule has 0 saturated carbocycles. The van der Waals surface area contributed by atoms with Crippen molar-refractivity contribution >= 4 is 5.91 Å². The monoisotopic (exact) mass is 346 g/mol. The van der Waals surface area contributed by atoms with E-state index in [1.54, 1.807) is 11.0 Å². The van der Waals surface area contributed by atoms with Crippen LogP contribution in [0.5, 0.6) is 11.5 Å². The van der Waals surface area contributed by atoms with Gasteiger partial charge in [-0.2, -0.15) is 13.2 Å². The van der Waals surface area contributed by atoms with Crippen LogP contribution in [0.15, 0.2) is 24.3 Å². The van der Waals surface area contributed by atoms with E-state index in [0.29, 0.717) is 6.54 Å². The van der Waals surface area contributed by atoms with Crippen LogP contribution in [0.1, 0.15) is 19.8 Å². The maximum absolute atomic E-state index is 12.3. The number of alkyl halides is 3. The van der Waals surface area contributed by atoms with Crippen LogP contribution in [-0.4, -0.2) is 48.8 Å². The lowest BCUT2D eigenvalue weighted by molar-refractivity contribution is -0.153. The van der Waals surface area contributed by atoms with E-state index in [-0.39, 0.29) is 36.1 Å². The van der Waals surface area contributed by atoms with Crippen molar-refractivity contribution in [3.8, 4) is 11.5 Å². The molecule has 0 radical (unpaired) electrons. The third kappa shape index (κ3) is 5.30. The summed E-state index contributed by atoms with van der Waals surface area (Å²) in [5.41, 5.74) is 5.86. The van der Waals surface area contributed by atoms with Crippen molar-refractivity contribution in [2.45, 2.75) is 38.0 Å². The predicted octanol–water partition coefficient (Wildman–Crippen LogP) is 2.34. The zero-order chi connectivity index (χ0) is 17.7. The number of carbonyl (C=O) groups is 1. The fourth-order valence-corrected chi connectivity index (χ4v) is 2.65. The lowest BCUT2D eigenvalue weighted by Gasteiger charge is -2.36. The van der Waals surface area contributed by atoms with E-state index in [2.05, 4.69) is 0 Å². The molecule has 1 heterocycles. The van der Waals surface area contributed by atoms with E-state index in [1.807, 2.05) is 6.92 Å². The number of carbonyl (C=O) groups excluding carboxylic acids is 1. The van der Waals surface area contributed by atoms with Crippen molar-refractivity contribution in [3.63, 3.8) is 0 Å². The third-order valence-corrected chi connectivity index (χ3v) is 3.83. The molecule has 2 N–H and O–H groups in total. The minimum atomic E-state index is -4.44. The van der Waals surface area contributed by atoms with Crippen LogP contribution in [0, 0.1) is 0 Å². The first-order valence-electron chi connectivity index (χ1n) is 7.72. The first kappa shape index (κ1) is 18.4. The van der Waals surface area contributed by atoms with E-state index >= 15 is 0 Å². The molecule has 2 atom stereocenters. The number of nitrogens with two attached hydrogens (primary N) is 1. The summed E-state index contributed by atoms with van der Waals surface area (Å²) in [4.78, 5) is 13.9. The van der Waals surface area contributed by atoms with Gasteiger partial charge in [0.2, 0.25) is 0 Å². The summed E-state index contributed by atoms with van der Waals surface area (Å²) < 4.78 is 46.9. The number of piperidine rings is 1. The smallest absolute Gasteiger partial charge is 0.422 e. The molecule has 134 valence electrons. The molecular formula is C16H21F3N2O3. The van der Waals surface area contributed by atoms with Crippen LogP contribution >= 0.6 is 0 Å². The highest BCUT2D eigenvalue weighted by Gasteiger charge is 2.29. The molecule has 0 aliphatic carbocycles. The summed E-state index contributed by atoms with van der Waals surface area (Å²) in [7, 11) is 0. The molecule has 1 amide bonds. The highest BCUT2D eigenvalue weighted by Crippen LogP contribution is 2.28. The summed E-state index contributed by atoms with van der Waals surface area (Å²) in [5, 5.41) is 0. The van der Waals surface area contributed by atoms with Gasteiger partial charge in [-0.05, 0) is 31.9 Å². The Morgan fingerprint density at radius 1 is 1.29 bits per heavy atom. The SMILES string of the molecule is C[C@@H]1C[C@@H](N)CCN1C(=O)COc1ccccc1OCC(F)(F)F. The van der Waals surface area contributed by atoms with E-state index in [9.17, 15) is 18.0 Å². The van der Waals surface area contributed by atoms with Crippen molar-refractivity contribution in [1.82, 2.24) is 4.90 Å². The number of ether oxygens (including phenoxy) is 2. The highest BCUT2D eigenvalue weighted by atomic mass is 19.4. The van der Waals surface area contributed by atoms with E-state index in [1.165, 1.54) is 18.2 Å². The van der Waals surface area contributed by atoms with Gasteiger partial charge < -0.3 is 20.1 Å². The van der Waals surface area contributed by atoms with Gasteiger partial charge in [-0.25, -0.2) is 0 Å². The van der Waals surface area contributed by atoms with Crippen molar-refractivity contribution in [2.24, 2.45) is 5.73 Å². The Kier molecular flexibility index (Phi) is 5.93. The molecule has 1 aliphatic heterocycles. The summed E-state index contributed by atoms with van der Waals surface area (Å²) >= 11 is 0. The molecule has 1 aliphatic rings. The maximum Gasteiger partial charge on any atom is 0.422 e. The van der Waals surface area contributed by atoms with E-state index in [0.717, 1.165) is 12.8 Å². The molecule has 8 heteroatoms. The van der Waals surface area contributed by atoms with Crippen LogP contribution < -0.4 is 15.2 Å². The van der Waals surface area contributed by atoms with Crippen molar-refractivity contribution in [3.05, 3.63) is 24.3 Å². The number of amides is 1. The number of hydrogen-bond donors (Lipinski definition) is 1. The summed E-state index contributed by atoms with van der Waals surface area (Å²) in [6, 6.07) is 6.07. The maximum atomic E-state index is 12.3. The molecular weight excluding hydrogens is 325 g/mol. The van der Waals surface area contributed by atoms with Crippen molar-refractivity contribution in [1.29, 1.82) is 0 Å². The lowest BCUT2D eigenvalue weighted by Crippen LogP contribution is -2.49. The number of halogens is 3. The Balaban J connectivity index is 1.93. The predicted molar refractivity (Wildman–Crippen MR) is 81.9 cm³/mol. The molecule has 5 nitrogen and oxygen atoms in total. The average molecular weight is 346 g/mol. The first-order valence-corrected chi connectivity index (χ1v) is 7.72. The van der Waals surface area contributed by atoms with Gasteiger partial charge >= 0.3 is 6.18 Å². The molecule has 0 aromatic heterocycles. The van der Waals surface area contributed by atoms with Gasteiger partial charge in [-0.3, -0.25) is 4.79 Å². The topological polar surface area (TPSA) is 64.8 Å².